The molecule has 37 heavy (non-hydrogen) atoms. The quantitative estimate of drug-likeness (QED) is 0.274. The molecule has 6 nitrogen and oxygen atoms in total. The van der Waals surface area contributed by atoms with Crippen molar-refractivity contribution in [3.05, 3.63) is 83.7 Å². The average molecular weight is 495 g/mol. The van der Waals surface area contributed by atoms with E-state index in [9.17, 15) is 4.79 Å². The van der Waals surface area contributed by atoms with Crippen LogP contribution < -0.4 is 5.32 Å². The van der Waals surface area contributed by atoms with Gasteiger partial charge in [0.2, 0.25) is 0 Å². The van der Waals surface area contributed by atoms with Gasteiger partial charge in [0, 0.05) is 46.3 Å². The second-order valence-corrected chi connectivity index (χ2v) is 10.9. The molecule has 5 heterocycles. The molecule has 2 aromatic carbocycles. The third kappa shape index (κ3) is 3.50. The number of esters is 1. The number of hydrogen-bond donors (Lipinski definition) is 3. The maximum absolute atomic E-state index is 13.6. The summed E-state index contributed by atoms with van der Waals surface area (Å²) in [5, 5.41) is 6.31. The van der Waals surface area contributed by atoms with Crippen molar-refractivity contribution < 1.29 is 9.53 Å². The number of H-pyrrole nitrogens is 2. The molecule has 7 rings (SSSR count). The van der Waals surface area contributed by atoms with Crippen molar-refractivity contribution >= 4 is 27.8 Å². The van der Waals surface area contributed by atoms with Crippen LogP contribution in [-0.4, -0.2) is 47.6 Å². The lowest BCUT2D eigenvalue weighted by molar-refractivity contribution is -0.151. The molecular weight excluding hydrogens is 460 g/mol. The Kier molecular flexibility index (Phi) is 5.48. The average Bonchev–Trinajstić information content (AvgIpc) is 3.52. The number of ether oxygens (including phenoxy) is 1. The molecule has 0 spiro atoms. The Labute approximate surface area is 217 Å². The van der Waals surface area contributed by atoms with Crippen LogP contribution in [0.5, 0.6) is 0 Å². The van der Waals surface area contributed by atoms with Crippen LogP contribution in [-0.2, 0) is 22.4 Å². The molecule has 190 valence electrons. The largest absolute Gasteiger partial charge is 0.469 e. The van der Waals surface area contributed by atoms with Crippen molar-refractivity contribution in [3.8, 4) is 0 Å². The standard InChI is InChI=1S/C31H34N4O2/c1-3-18-17-35-15-13-22-20-9-5-6-10-24(20)33-28(22)26(35)16-23(18)27(31(36)37-2)30-29-21(12-14-32-30)19-8-4-7-11-25(19)34-29/h3-11,18,23,26-27,30,32-34H,1,12-17H2,2H3/t18?,23-,26-,27+,30+/m0/s1. The number of piperidine rings is 1. The first-order chi connectivity index (χ1) is 18.2. The van der Waals surface area contributed by atoms with Gasteiger partial charge in [0.15, 0.2) is 0 Å². The lowest BCUT2D eigenvalue weighted by Crippen LogP contribution is -2.51. The number of nitrogens with zero attached hydrogens (tertiary/aromatic N) is 1. The summed E-state index contributed by atoms with van der Waals surface area (Å²) < 4.78 is 5.51. The van der Waals surface area contributed by atoms with E-state index in [0.717, 1.165) is 50.1 Å². The van der Waals surface area contributed by atoms with Gasteiger partial charge in [0.25, 0.3) is 0 Å². The highest BCUT2D eigenvalue weighted by Crippen LogP contribution is 2.48. The number of aromatic nitrogens is 2. The van der Waals surface area contributed by atoms with Crippen LogP contribution in [0.2, 0.25) is 0 Å². The second-order valence-electron chi connectivity index (χ2n) is 10.9. The molecule has 0 bridgehead atoms. The van der Waals surface area contributed by atoms with Gasteiger partial charge >= 0.3 is 5.97 Å². The predicted molar refractivity (Wildman–Crippen MR) is 146 cm³/mol. The number of hydrogen-bond acceptors (Lipinski definition) is 4. The number of rotatable bonds is 4. The van der Waals surface area contributed by atoms with Crippen molar-refractivity contribution in [2.24, 2.45) is 17.8 Å². The number of carbonyl (C=O) groups excluding carboxylic acids is 1. The second kappa shape index (κ2) is 8.89. The molecule has 3 aliphatic heterocycles. The van der Waals surface area contributed by atoms with E-state index in [1.165, 1.54) is 40.2 Å². The van der Waals surface area contributed by atoms with Crippen LogP contribution >= 0.6 is 0 Å². The normalized spacial score (nSPS) is 26.3. The summed E-state index contributed by atoms with van der Waals surface area (Å²) in [5.74, 6) is -0.125. The van der Waals surface area contributed by atoms with Crippen molar-refractivity contribution in [2.45, 2.75) is 31.3 Å². The Balaban J connectivity index is 1.31. The van der Waals surface area contributed by atoms with E-state index < -0.39 is 0 Å². The van der Waals surface area contributed by atoms with Crippen molar-refractivity contribution in [2.75, 3.05) is 26.7 Å². The first-order valence-corrected chi connectivity index (χ1v) is 13.5. The molecule has 0 saturated carbocycles. The van der Waals surface area contributed by atoms with E-state index in [2.05, 4.69) is 81.4 Å². The van der Waals surface area contributed by atoms with Crippen LogP contribution in [0.25, 0.3) is 21.8 Å². The number of carbonyl (C=O) groups is 1. The summed E-state index contributed by atoms with van der Waals surface area (Å²) >= 11 is 0. The number of nitrogens with one attached hydrogen (secondary N) is 3. The van der Waals surface area contributed by atoms with E-state index in [1.807, 2.05) is 0 Å². The monoisotopic (exact) mass is 494 g/mol. The van der Waals surface area contributed by atoms with E-state index in [1.54, 1.807) is 0 Å². The molecule has 1 saturated heterocycles. The van der Waals surface area contributed by atoms with Crippen molar-refractivity contribution in [3.63, 3.8) is 0 Å². The van der Waals surface area contributed by atoms with Crippen LogP contribution in [0, 0.1) is 17.8 Å². The lowest BCUT2D eigenvalue weighted by atomic mass is 9.69. The summed E-state index contributed by atoms with van der Waals surface area (Å²) in [6.45, 7) is 7.02. The fraction of sp³-hybridized carbons (Fsp3) is 0.387. The van der Waals surface area contributed by atoms with Gasteiger partial charge in [-0.1, -0.05) is 42.5 Å². The Bertz CT molecular complexity index is 1500. The van der Waals surface area contributed by atoms with Gasteiger partial charge < -0.3 is 20.0 Å². The fourth-order valence-corrected chi connectivity index (χ4v) is 7.57. The Morgan fingerprint density at radius 2 is 1.70 bits per heavy atom. The molecule has 1 fully saturated rings. The van der Waals surface area contributed by atoms with Crippen LogP contribution in [0.4, 0.5) is 0 Å². The van der Waals surface area contributed by atoms with Crippen LogP contribution in [0.1, 0.15) is 41.0 Å². The molecule has 0 amide bonds. The Hall–Kier alpha value is -3.35. The number of aromatic amines is 2. The Morgan fingerprint density at radius 3 is 2.41 bits per heavy atom. The SMILES string of the molecule is C=CC1CN2CCc3c([nH]c4ccccc34)[C@@H]2C[C@@H]1[C@@H](C(=O)OC)[C@H]1NCCc2c1[nH]c1ccccc21. The molecule has 5 atom stereocenters. The molecule has 0 radical (unpaired) electrons. The van der Waals surface area contributed by atoms with Gasteiger partial charge in [0.05, 0.1) is 25.1 Å². The minimum Gasteiger partial charge on any atom is -0.469 e. The molecule has 2 aromatic heterocycles. The van der Waals surface area contributed by atoms with E-state index in [4.69, 9.17) is 4.74 Å². The molecule has 1 unspecified atom stereocenters. The maximum Gasteiger partial charge on any atom is 0.310 e. The third-order valence-corrected chi connectivity index (χ3v) is 9.25. The topological polar surface area (TPSA) is 73.2 Å². The summed E-state index contributed by atoms with van der Waals surface area (Å²) in [7, 11) is 1.53. The lowest BCUT2D eigenvalue weighted by Gasteiger charge is -2.48. The highest BCUT2D eigenvalue weighted by Gasteiger charge is 2.48. The van der Waals surface area contributed by atoms with E-state index in [-0.39, 0.29) is 35.8 Å². The van der Waals surface area contributed by atoms with Crippen molar-refractivity contribution in [1.82, 2.24) is 20.2 Å². The highest BCUT2D eigenvalue weighted by molar-refractivity contribution is 5.86. The van der Waals surface area contributed by atoms with Gasteiger partial charge in [0.1, 0.15) is 0 Å². The maximum atomic E-state index is 13.6. The highest BCUT2D eigenvalue weighted by atomic mass is 16.5. The van der Waals surface area contributed by atoms with Gasteiger partial charge in [-0.25, -0.2) is 0 Å². The zero-order valence-corrected chi connectivity index (χ0v) is 21.3. The zero-order valence-electron chi connectivity index (χ0n) is 21.3. The predicted octanol–water partition coefficient (Wildman–Crippen LogP) is 5.05. The minimum atomic E-state index is -0.308. The number of methoxy groups -OCH3 is 1. The number of fused-ring (bicyclic) bond motifs is 8. The van der Waals surface area contributed by atoms with Gasteiger partial charge in [-0.3, -0.25) is 9.69 Å². The summed E-state index contributed by atoms with van der Waals surface area (Å²) in [4.78, 5) is 23.6. The third-order valence-electron chi connectivity index (χ3n) is 9.25. The molecule has 3 aliphatic rings. The number of benzene rings is 2. The minimum absolute atomic E-state index is 0.110. The smallest absolute Gasteiger partial charge is 0.310 e. The van der Waals surface area contributed by atoms with Crippen LogP contribution in [0.15, 0.2) is 61.2 Å². The van der Waals surface area contributed by atoms with E-state index >= 15 is 0 Å². The molecular formula is C31H34N4O2. The first kappa shape index (κ1) is 22.8. The summed E-state index contributed by atoms with van der Waals surface area (Å²) in [6, 6.07) is 17.2. The first-order valence-electron chi connectivity index (χ1n) is 13.5. The van der Waals surface area contributed by atoms with Crippen LogP contribution in [0.3, 0.4) is 0 Å². The Morgan fingerprint density at radius 1 is 1.03 bits per heavy atom. The molecule has 0 aliphatic carbocycles. The van der Waals surface area contributed by atoms with Gasteiger partial charge in [-0.2, -0.15) is 0 Å². The van der Waals surface area contributed by atoms with Gasteiger partial charge in [-0.05, 0) is 60.9 Å². The molecule has 4 aromatic rings. The molecule has 6 heteroatoms. The zero-order chi connectivity index (χ0) is 25.1. The number of para-hydroxylation sites is 2. The summed E-state index contributed by atoms with van der Waals surface area (Å²) in [5.41, 5.74) is 7.58. The fourth-order valence-electron chi connectivity index (χ4n) is 7.57. The van der Waals surface area contributed by atoms with Crippen molar-refractivity contribution in [1.29, 1.82) is 0 Å². The van der Waals surface area contributed by atoms with E-state index in [0.29, 0.717) is 0 Å². The molecule has 3 N–H and O–H groups in total. The summed E-state index contributed by atoms with van der Waals surface area (Å²) in [6.07, 6.45) is 4.97. The van der Waals surface area contributed by atoms with Gasteiger partial charge in [-0.15, -0.1) is 6.58 Å².